The standard InChI is InChI=1S/C12H10ClNS/c13-10-6-8-12(9-7-10)15(14)11-4-2-1-3-5-11/h1-9,14H. The van der Waals surface area contributed by atoms with E-state index in [1.807, 2.05) is 54.6 Å². The second kappa shape index (κ2) is 4.60. The highest BCUT2D eigenvalue weighted by molar-refractivity contribution is 7.86. The molecule has 76 valence electrons. The third kappa shape index (κ3) is 2.46. The van der Waals surface area contributed by atoms with Crippen molar-refractivity contribution in [3.05, 3.63) is 59.6 Å². The number of hydrogen-bond donors (Lipinski definition) is 1. The summed E-state index contributed by atoms with van der Waals surface area (Å²) in [6.45, 7) is 0. The largest absolute Gasteiger partial charge is 0.271 e. The molecule has 2 aromatic rings. The van der Waals surface area contributed by atoms with Gasteiger partial charge in [-0.2, -0.15) is 0 Å². The highest BCUT2D eigenvalue weighted by Crippen LogP contribution is 2.18. The van der Waals surface area contributed by atoms with Crippen LogP contribution >= 0.6 is 11.6 Å². The zero-order valence-electron chi connectivity index (χ0n) is 7.98. The Bertz CT molecular complexity index is 465. The summed E-state index contributed by atoms with van der Waals surface area (Å²) in [4.78, 5) is 2.02. The lowest BCUT2D eigenvalue weighted by molar-refractivity contribution is 1.36. The third-order valence-corrected chi connectivity index (χ3v) is 3.77. The molecule has 1 atom stereocenters. The minimum Gasteiger partial charge on any atom is -0.271 e. The number of halogens is 1. The average molecular weight is 236 g/mol. The van der Waals surface area contributed by atoms with E-state index in [0.29, 0.717) is 5.02 Å². The molecular weight excluding hydrogens is 226 g/mol. The molecule has 3 heteroatoms. The summed E-state index contributed by atoms with van der Waals surface area (Å²) in [6, 6.07) is 17.3. The van der Waals surface area contributed by atoms with Crippen molar-refractivity contribution in [2.45, 2.75) is 9.79 Å². The average Bonchev–Trinajstić information content (AvgIpc) is 2.30. The Balaban J connectivity index is 2.33. The van der Waals surface area contributed by atoms with Gasteiger partial charge in [0.05, 0.1) is 0 Å². The Morgan fingerprint density at radius 1 is 0.800 bits per heavy atom. The molecule has 0 aromatic heterocycles. The van der Waals surface area contributed by atoms with E-state index in [1.165, 1.54) is 0 Å². The molecule has 0 heterocycles. The SMILES string of the molecule is N=S(c1ccccc1)c1ccc(Cl)cc1. The summed E-state index contributed by atoms with van der Waals surface area (Å²) in [7, 11) is -0.614. The molecule has 0 aliphatic heterocycles. The first-order chi connectivity index (χ1) is 7.27. The van der Waals surface area contributed by atoms with Gasteiger partial charge in [0.25, 0.3) is 0 Å². The van der Waals surface area contributed by atoms with Gasteiger partial charge < -0.3 is 0 Å². The number of nitrogens with one attached hydrogen (secondary N) is 1. The number of hydrogen-bond acceptors (Lipinski definition) is 1. The molecule has 0 amide bonds. The highest BCUT2D eigenvalue weighted by Gasteiger charge is 2.01. The van der Waals surface area contributed by atoms with E-state index in [0.717, 1.165) is 9.79 Å². The molecule has 0 bridgehead atoms. The zero-order valence-corrected chi connectivity index (χ0v) is 9.55. The molecule has 0 saturated carbocycles. The molecule has 0 aliphatic carbocycles. The molecule has 0 fully saturated rings. The molecule has 2 aromatic carbocycles. The van der Waals surface area contributed by atoms with Crippen molar-refractivity contribution >= 4 is 22.3 Å². The number of rotatable bonds is 2. The first-order valence-corrected chi connectivity index (χ1v) is 6.14. The first-order valence-electron chi connectivity index (χ1n) is 4.53. The van der Waals surface area contributed by atoms with Crippen LogP contribution in [0.3, 0.4) is 0 Å². The topological polar surface area (TPSA) is 23.9 Å². The van der Waals surface area contributed by atoms with Crippen molar-refractivity contribution in [2.24, 2.45) is 0 Å². The van der Waals surface area contributed by atoms with Crippen LogP contribution in [0.1, 0.15) is 0 Å². The fourth-order valence-electron chi connectivity index (χ4n) is 1.26. The summed E-state index contributed by atoms with van der Waals surface area (Å²) in [6.07, 6.45) is 0. The van der Waals surface area contributed by atoms with Crippen LogP contribution in [0.25, 0.3) is 0 Å². The molecule has 1 unspecified atom stereocenters. The smallest absolute Gasteiger partial charge is 0.0406 e. The fraction of sp³-hybridized carbons (Fsp3) is 0. The number of benzene rings is 2. The van der Waals surface area contributed by atoms with Crippen molar-refractivity contribution in [3.63, 3.8) is 0 Å². The van der Waals surface area contributed by atoms with E-state index in [9.17, 15) is 0 Å². The lowest BCUT2D eigenvalue weighted by atomic mass is 10.4. The molecule has 0 radical (unpaired) electrons. The van der Waals surface area contributed by atoms with E-state index in [4.69, 9.17) is 16.4 Å². The lowest BCUT2D eigenvalue weighted by Gasteiger charge is -2.05. The van der Waals surface area contributed by atoms with Gasteiger partial charge in [-0.25, -0.2) is 0 Å². The predicted octanol–water partition coefficient (Wildman–Crippen LogP) is 4.14. The normalized spacial score (nSPS) is 12.3. The van der Waals surface area contributed by atoms with Gasteiger partial charge in [0.15, 0.2) is 0 Å². The van der Waals surface area contributed by atoms with Crippen molar-refractivity contribution in [2.75, 3.05) is 0 Å². The van der Waals surface area contributed by atoms with Crippen LogP contribution in [0.4, 0.5) is 0 Å². The maximum atomic E-state index is 8.11. The summed E-state index contributed by atoms with van der Waals surface area (Å²) in [5.74, 6) is 0. The van der Waals surface area contributed by atoms with Crippen molar-refractivity contribution in [1.29, 1.82) is 4.78 Å². The van der Waals surface area contributed by atoms with Crippen LogP contribution in [-0.2, 0) is 10.7 Å². The first kappa shape index (κ1) is 10.4. The summed E-state index contributed by atoms with van der Waals surface area (Å²) >= 11 is 5.80. The van der Waals surface area contributed by atoms with E-state index in [-0.39, 0.29) is 0 Å². The molecule has 15 heavy (non-hydrogen) atoms. The molecule has 1 nitrogen and oxygen atoms in total. The Labute approximate surface area is 96.6 Å². The molecule has 1 N–H and O–H groups in total. The molecule has 0 saturated heterocycles. The van der Waals surface area contributed by atoms with Gasteiger partial charge >= 0.3 is 0 Å². The Hall–Kier alpha value is -1.12. The Morgan fingerprint density at radius 2 is 1.33 bits per heavy atom. The van der Waals surface area contributed by atoms with Gasteiger partial charge in [-0.3, -0.25) is 4.78 Å². The fourth-order valence-corrected chi connectivity index (χ4v) is 2.50. The minimum absolute atomic E-state index is 0.614. The van der Waals surface area contributed by atoms with Crippen LogP contribution in [0.15, 0.2) is 64.4 Å². The van der Waals surface area contributed by atoms with Gasteiger partial charge in [0.1, 0.15) is 0 Å². The monoisotopic (exact) mass is 235 g/mol. The van der Waals surface area contributed by atoms with Gasteiger partial charge in [-0.1, -0.05) is 29.8 Å². The summed E-state index contributed by atoms with van der Waals surface area (Å²) in [5, 5.41) is 0.712. The van der Waals surface area contributed by atoms with E-state index in [1.54, 1.807) is 0 Å². The predicted molar refractivity (Wildman–Crippen MR) is 64.5 cm³/mol. The van der Waals surface area contributed by atoms with Crippen molar-refractivity contribution in [3.8, 4) is 0 Å². The molecule has 0 spiro atoms. The van der Waals surface area contributed by atoms with Gasteiger partial charge in [-0.05, 0) is 47.1 Å². The van der Waals surface area contributed by atoms with Gasteiger partial charge in [-0.15, -0.1) is 0 Å². The Kier molecular flexibility index (Phi) is 3.19. The molecule has 0 aliphatic rings. The molecule has 2 rings (SSSR count). The van der Waals surface area contributed by atoms with Gasteiger partial charge in [0.2, 0.25) is 0 Å². The zero-order chi connectivity index (χ0) is 10.7. The maximum absolute atomic E-state index is 8.11. The minimum atomic E-state index is -0.614. The van der Waals surface area contributed by atoms with Crippen molar-refractivity contribution < 1.29 is 0 Å². The third-order valence-electron chi connectivity index (χ3n) is 2.03. The van der Waals surface area contributed by atoms with Crippen LogP contribution < -0.4 is 0 Å². The summed E-state index contributed by atoms with van der Waals surface area (Å²) in [5.41, 5.74) is 0. The quantitative estimate of drug-likeness (QED) is 0.809. The van der Waals surface area contributed by atoms with Gasteiger partial charge in [0, 0.05) is 14.8 Å². The van der Waals surface area contributed by atoms with E-state index in [2.05, 4.69) is 0 Å². The van der Waals surface area contributed by atoms with Crippen LogP contribution in [0.5, 0.6) is 0 Å². The second-order valence-electron chi connectivity index (χ2n) is 3.07. The van der Waals surface area contributed by atoms with E-state index < -0.39 is 10.7 Å². The highest BCUT2D eigenvalue weighted by atomic mass is 35.5. The van der Waals surface area contributed by atoms with E-state index >= 15 is 0 Å². The summed E-state index contributed by atoms with van der Waals surface area (Å²) < 4.78 is 8.11. The van der Waals surface area contributed by atoms with Crippen LogP contribution in [-0.4, -0.2) is 0 Å². The second-order valence-corrected chi connectivity index (χ2v) is 5.06. The van der Waals surface area contributed by atoms with Crippen LogP contribution in [0.2, 0.25) is 5.02 Å². The maximum Gasteiger partial charge on any atom is 0.0406 e. The lowest BCUT2D eigenvalue weighted by Crippen LogP contribution is -1.89. The van der Waals surface area contributed by atoms with Crippen LogP contribution in [0, 0.1) is 4.78 Å². The Morgan fingerprint density at radius 3 is 1.93 bits per heavy atom. The molecular formula is C12H10ClNS. The van der Waals surface area contributed by atoms with Crippen molar-refractivity contribution in [1.82, 2.24) is 0 Å².